The summed E-state index contributed by atoms with van der Waals surface area (Å²) < 4.78 is 46.2. The molecular formula is C21H23F3N4O2. The van der Waals surface area contributed by atoms with Crippen LogP contribution in [0, 0.1) is 23.2 Å². The zero-order valence-electron chi connectivity index (χ0n) is 16.7. The molecule has 1 amide bonds. The van der Waals surface area contributed by atoms with Crippen LogP contribution in [0.25, 0.3) is 10.9 Å². The van der Waals surface area contributed by atoms with Gasteiger partial charge in [0.1, 0.15) is 11.7 Å². The van der Waals surface area contributed by atoms with Crippen molar-refractivity contribution in [2.24, 2.45) is 17.6 Å². The molecule has 2 N–H and O–H groups in total. The van der Waals surface area contributed by atoms with Crippen molar-refractivity contribution in [3.8, 4) is 6.07 Å². The van der Waals surface area contributed by atoms with Gasteiger partial charge in [0.25, 0.3) is 0 Å². The Bertz CT molecular complexity index is 984. The number of rotatable bonds is 4. The molecule has 1 saturated heterocycles. The summed E-state index contributed by atoms with van der Waals surface area (Å²) in [7, 11) is 0. The van der Waals surface area contributed by atoms with Crippen molar-refractivity contribution in [3.05, 3.63) is 36.0 Å². The Balaban J connectivity index is 1.97. The third kappa shape index (κ3) is 4.75. The van der Waals surface area contributed by atoms with Gasteiger partial charge in [-0.1, -0.05) is 0 Å². The Labute approximate surface area is 172 Å². The van der Waals surface area contributed by atoms with Gasteiger partial charge in [0.2, 0.25) is 0 Å². The largest absolute Gasteiger partial charge is 0.444 e. The molecule has 0 aliphatic carbocycles. The maximum Gasteiger partial charge on any atom is 0.405 e. The van der Waals surface area contributed by atoms with Gasteiger partial charge < -0.3 is 15.4 Å². The van der Waals surface area contributed by atoms with Gasteiger partial charge >= 0.3 is 12.3 Å². The predicted octanol–water partition coefficient (Wildman–Crippen LogP) is 4.38. The number of carbonyl (C=O) groups is 1. The average Bonchev–Trinajstić information content (AvgIpc) is 2.64. The van der Waals surface area contributed by atoms with E-state index in [9.17, 15) is 23.2 Å². The first kappa shape index (κ1) is 21.7. The van der Waals surface area contributed by atoms with Crippen molar-refractivity contribution in [1.29, 1.82) is 5.26 Å². The number of hydrogen-bond acceptors (Lipinski definition) is 5. The smallest absolute Gasteiger partial charge is 0.405 e. The molecule has 0 spiro atoms. The van der Waals surface area contributed by atoms with Crippen LogP contribution in [0.4, 0.5) is 23.7 Å². The molecule has 1 fully saturated rings. The van der Waals surface area contributed by atoms with E-state index in [1.54, 1.807) is 49.2 Å². The number of alkyl halides is 3. The number of aromatic nitrogens is 1. The highest BCUT2D eigenvalue weighted by Crippen LogP contribution is 2.41. The topological polar surface area (TPSA) is 92.2 Å². The van der Waals surface area contributed by atoms with E-state index < -0.39 is 23.8 Å². The van der Waals surface area contributed by atoms with Crippen LogP contribution in [0.2, 0.25) is 0 Å². The zero-order valence-corrected chi connectivity index (χ0v) is 16.7. The number of pyridine rings is 1. The highest BCUT2D eigenvalue weighted by Gasteiger charge is 2.45. The van der Waals surface area contributed by atoms with E-state index >= 15 is 0 Å². The summed E-state index contributed by atoms with van der Waals surface area (Å²) in [6.45, 7) is 3.45. The lowest BCUT2D eigenvalue weighted by molar-refractivity contribution is -0.180. The van der Waals surface area contributed by atoms with Crippen LogP contribution in [0.3, 0.4) is 0 Å². The Morgan fingerprint density at radius 1 is 1.33 bits per heavy atom. The molecule has 0 unspecified atom stereocenters. The minimum Gasteiger partial charge on any atom is -0.444 e. The second-order valence-corrected chi connectivity index (χ2v) is 8.27. The number of nitrogens with two attached hydrogens (primary N) is 1. The maximum absolute atomic E-state index is 13.7. The van der Waals surface area contributed by atoms with Crippen LogP contribution in [0.15, 0.2) is 30.5 Å². The van der Waals surface area contributed by atoms with Crippen LogP contribution in [-0.4, -0.2) is 35.9 Å². The first-order valence-electron chi connectivity index (χ1n) is 9.58. The molecule has 0 bridgehead atoms. The number of nitriles is 1. The number of piperidine rings is 1. The molecule has 1 aromatic carbocycles. The molecule has 3 rings (SSSR count). The van der Waals surface area contributed by atoms with Crippen molar-refractivity contribution in [1.82, 2.24) is 4.98 Å². The van der Waals surface area contributed by atoms with Crippen molar-refractivity contribution in [2.45, 2.75) is 38.5 Å². The number of fused-ring (bicyclic) bond motifs is 1. The maximum atomic E-state index is 13.7. The van der Waals surface area contributed by atoms with Crippen LogP contribution < -0.4 is 10.6 Å². The van der Waals surface area contributed by atoms with Crippen molar-refractivity contribution >= 4 is 22.7 Å². The van der Waals surface area contributed by atoms with Gasteiger partial charge in [-0.2, -0.15) is 18.4 Å². The highest BCUT2D eigenvalue weighted by molar-refractivity contribution is 5.95. The van der Waals surface area contributed by atoms with E-state index in [2.05, 4.69) is 11.1 Å². The number of primary amides is 1. The van der Waals surface area contributed by atoms with Crippen LogP contribution in [-0.2, 0) is 4.74 Å². The lowest BCUT2D eigenvalue weighted by Crippen LogP contribution is -2.48. The van der Waals surface area contributed by atoms with E-state index in [1.807, 2.05) is 0 Å². The van der Waals surface area contributed by atoms with E-state index in [0.717, 1.165) is 0 Å². The number of ether oxygens (including phenoxy) is 1. The summed E-state index contributed by atoms with van der Waals surface area (Å²) in [5, 5.41) is 9.95. The van der Waals surface area contributed by atoms with Crippen molar-refractivity contribution in [3.63, 3.8) is 0 Å². The summed E-state index contributed by atoms with van der Waals surface area (Å²) in [5.41, 5.74) is 5.55. The van der Waals surface area contributed by atoms with E-state index in [-0.39, 0.29) is 25.3 Å². The molecule has 2 atom stereocenters. The van der Waals surface area contributed by atoms with Gasteiger partial charge in [0.05, 0.1) is 17.0 Å². The SMILES string of the molecule is CC(C)(C[C@H]1C[C@@H](C(F)(F)F)CN(c2ccc(C#N)c3ncccc23)C1)OC(N)=O. The lowest BCUT2D eigenvalue weighted by atomic mass is 9.82. The molecular weight excluding hydrogens is 397 g/mol. The summed E-state index contributed by atoms with van der Waals surface area (Å²) in [5.74, 6) is -1.90. The average molecular weight is 420 g/mol. The molecule has 6 nitrogen and oxygen atoms in total. The quantitative estimate of drug-likeness (QED) is 0.793. The normalized spacial score (nSPS) is 20.1. The van der Waals surface area contributed by atoms with Gasteiger partial charge in [0, 0.05) is 30.4 Å². The molecule has 9 heteroatoms. The standard InChI is InChI=1S/C21H23F3N4O2/c1-20(2,30-19(26)29)9-13-8-15(21(22,23)24)12-28(11-13)17-6-5-14(10-25)18-16(17)4-3-7-27-18/h3-7,13,15H,8-9,11-12H2,1-2H3,(H2,26,29)/t13-,15-/m1/s1. The number of carbonyl (C=O) groups excluding carboxylic acids is 1. The molecule has 2 aromatic rings. The fraction of sp³-hybridized carbons (Fsp3) is 0.476. The lowest BCUT2D eigenvalue weighted by Gasteiger charge is -2.42. The fourth-order valence-electron chi connectivity index (χ4n) is 4.32. The Hall–Kier alpha value is -3.02. The molecule has 160 valence electrons. The first-order valence-corrected chi connectivity index (χ1v) is 9.58. The predicted molar refractivity (Wildman–Crippen MR) is 106 cm³/mol. The second kappa shape index (κ2) is 8.01. The number of amides is 1. The van der Waals surface area contributed by atoms with Gasteiger partial charge in [-0.05, 0) is 56.9 Å². The molecule has 2 heterocycles. The Kier molecular flexibility index (Phi) is 5.79. The van der Waals surface area contributed by atoms with E-state index in [0.29, 0.717) is 28.7 Å². The number of nitrogens with zero attached hydrogens (tertiary/aromatic N) is 3. The van der Waals surface area contributed by atoms with E-state index in [1.165, 1.54) is 0 Å². The third-order valence-corrected chi connectivity index (χ3v) is 5.37. The van der Waals surface area contributed by atoms with Crippen LogP contribution in [0.5, 0.6) is 0 Å². The van der Waals surface area contributed by atoms with Gasteiger partial charge in [-0.3, -0.25) is 4.98 Å². The third-order valence-electron chi connectivity index (χ3n) is 5.37. The van der Waals surface area contributed by atoms with Crippen LogP contribution >= 0.6 is 0 Å². The molecule has 0 radical (unpaired) electrons. The van der Waals surface area contributed by atoms with Gasteiger partial charge in [-0.25, -0.2) is 4.79 Å². The molecule has 30 heavy (non-hydrogen) atoms. The number of benzene rings is 1. The van der Waals surface area contributed by atoms with E-state index in [4.69, 9.17) is 10.5 Å². The Morgan fingerprint density at radius 2 is 2.07 bits per heavy atom. The van der Waals surface area contributed by atoms with Gasteiger partial charge in [-0.15, -0.1) is 0 Å². The zero-order chi connectivity index (χ0) is 22.1. The molecule has 1 aromatic heterocycles. The molecule has 0 saturated carbocycles. The summed E-state index contributed by atoms with van der Waals surface area (Å²) in [6.07, 6.45) is -3.58. The minimum atomic E-state index is -4.35. The number of halogens is 3. The van der Waals surface area contributed by atoms with Gasteiger partial charge in [0.15, 0.2) is 0 Å². The highest BCUT2D eigenvalue weighted by atomic mass is 19.4. The van der Waals surface area contributed by atoms with Crippen molar-refractivity contribution < 1.29 is 22.7 Å². The number of anilines is 1. The fourth-order valence-corrected chi connectivity index (χ4v) is 4.32. The Morgan fingerprint density at radius 3 is 2.70 bits per heavy atom. The molecule has 1 aliphatic heterocycles. The summed E-state index contributed by atoms with van der Waals surface area (Å²) in [4.78, 5) is 17.1. The second-order valence-electron chi connectivity index (χ2n) is 8.27. The first-order chi connectivity index (χ1) is 14.0. The monoisotopic (exact) mass is 420 g/mol. The summed E-state index contributed by atoms with van der Waals surface area (Å²) in [6, 6.07) is 8.77. The molecule has 1 aliphatic rings. The summed E-state index contributed by atoms with van der Waals surface area (Å²) >= 11 is 0. The van der Waals surface area contributed by atoms with Crippen molar-refractivity contribution in [2.75, 3.05) is 18.0 Å². The number of hydrogen-bond donors (Lipinski definition) is 1. The minimum absolute atomic E-state index is 0.0575. The van der Waals surface area contributed by atoms with Crippen LogP contribution in [0.1, 0.15) is 32.3 Å².